The average molecular weight is 750 g/mol. The Bertz CT molecular complexity index is 2840. The number of rotatable bonds is 9. The fourth-order valence-electron chi connectivity index (χ4n) is 7.45. The largest absolute Gasteiger partial charge is 0.311 e. The van der Waals surface area contributed by atoms with E-state index in [1.165, 1.54) is 14.8 Å². The zero-order valence-corrected chi connectivity index (χ0v) is 31.7. The van der Waals surface area contributed by atoms with Crippen LogP contribution in [0.5, 0.6) is 0 Å². The molecule has 0 bridgehead atoms. The Labute approximate surface area is 335 Å². The van der Waals surface area contributed by atoms with Crippen LogP contribution in [-0.4, -0.2) is 15.0 Å². The van der Waals surface area contributed by atoms with Crippen molar-refractivity contribution in [2.75, 3.05) is 9.80 Å². The van der Waals surface area contributed by atoms with E-state index in [0.29, 0.717) is 17.5 Å². The molecule has 57 heavy (non-hydrogen) atoms. The van der Waals surface area contributed by atoms with Crippen LogP contribution in [0.3, 0.4) is 0 Å². The van der Waals surface area contributed by atoms with Crippen molar-refractivity contribution in [3.63, 3.8) is 0 Å². The van der Waals surface area contributed by atoms with Crippen molar-refractivity contribution in [2.45, 2.75) is 0 Å². The molecule has 0 aliphatic heterocycles. The lowest BCUT2D eigenvalue weighted by Crippen LogP contribution is -2.12. The molecule has 8 aromatic carbocycles. The van der Waals surface area contributed by atoms with Crippen LogP contribution in [0.4, 0.5) is 34.1 Å². The zero-order chi connectivity index (χ0) is 38.0. The van der Waals surface area contributed by atoms with Gasteiger partial charge in [0.1, 0.15) is 0 Å². The molecule has 0 amide bonds. The average Bonchev–Trinajstić information content (AvgIpc) is 3.67. The van der Waals surface area contributed by atoms with Crippen LogP contribution in [0, 0.1) is 0 Å². The number of nitrogens with zero attached hydrogens (tertiary/aromatic N) is 5. The third-order valence-corrected chi connectivity index (χ3v) is 11.2. The number of para-hydroxylation sites is 3. The zero-order valence-electron chi connectivity index (χ0n) is 30.9. The van der Waals surface area contributed by atoms with Crippen molar-refractivity contribution >= 4 is 65.6 Å². The van der Waals surface area contributed by atoms with Gasteiger partial charge in [0.2, 0.25) is 0 Å². The fraction of sp³-hybridized carbons (Fsp3) is 0. The molecule has 0 radical (unpaired) electrons. The predicted molar refractivity (Wildman–Crippen MR) is 238 cm³/mol. The van der Waals surface area contributed by atoms with E-state index in [0.717, 1.165) is 56.2 Å². The van der Waals surface area contributed by atoms with Crippen molar-refractivity contribution in [3.8, 4) is 34.2 Å². The van der Waals surface area contributed by atoms with Crippen LogP contribution in [0.1, 0.15) is 0 Å². The van der Waals surface area contributed by atoms with E-state index in [-0.39, 0.29) is 0 Å². The first-order valence-electron chi connectivity index (χ1n) is 18.9. The summed E-state index contributed by atoms with van der Waals surface area (Å²) >= 11 is 1.79. The summed E-state index contributed by atoms with van der Waals surface area (Å²) in [5.41, 5.74) is 9.42. The van der Waals surface area contributed by atoms with E-state index in [2.05, 4.69) is 161 Å². The number of aromatic nitrogens is 3. The second-order valence-electron chi connectivity index (χ2n) is 13.7. The summed E-state index contributed by atoms with van der Waals surface area (Å²) in [7, 11) is 0. The minimum absolute atomic E-state index is 0.651. The van der Waals surface area contributed by atoms with Gasteiger partial charge in [0.15, 0.2) is 17.5 Å². The molecule has 270 valence electrons. The Morgan fingerprint density at radius 1 is 0.316 bits per heavy atom. The number of fused-ring (bicyclic) bond motifs is 3. The quantitative estimate of drug-likeness (QED) is 0.147. The highest BCUT2D eigenvalue weighted by Crippen LogP contribution is 2.44. The van der Waals surface area contributed by atoms with Gasteiger partial charge in [0.25, 0.3) is 0 Å². The monoisotopic (exact) mass is 749 g/mol. The van der Waals surface area contributed by atoms with Gasteiger partial charge in [0.05, 0.1) is 0 Å². The summed E-state index contributed by atoms with van der Waals surface area (Å²) in [5.74, 6) is 1.96. The normalized spacial score (nSPS) is 11.2. The fourth-order valence-corrected chi connectivity index (χ4v) is 8.61. The van der Waals surface area contributed by atoms with Crippen LogP contribution in [-0.2, 0) is 0 Å². The SMILES string of the molecule is c1ccc(-c2nc(-c3ccccc3)nc(-c3cccc4sc5cc(N(c6ccccc6)c6ccc(N(c7ccccc7)c7ccccc7)cc6)ccc5c34)n2)cc1. The van der Waals surface area contributed by atoms with Gasteiger partial charge in [0, 0.05) is 71.0 Å². The summed E-state index contributed by atoms with van der Waals surface area (Å²) in [6.07, 6.45) is 0. The summed E-state index contributed by atoms with van der Waals surface area (Å²) in [5, 5.41) is 2.31. The predicted octanol–water partition coefficient (Wildman–Crippen LogP) is 14.2. The van der Waals surface area contributed by atoms with Crippen LogP contribution < -0.4 is 9.80 Å². The van der Waals surface area contributed by atoms with Crippen LogP contribution in [0.25, 0.3) is 54.3 Å². The molecule has 5 nitrogen and oxygen atoms in total. The van der Waals surface area contributed by atoms with Gasteiger partial charge in [-0.1, -0.05) is 133 Å². The lowest BCUT2D eigenvalue weighted by molar-refractivity contribution is 1.08. The summed E-state index contributed by atoms with van der Waals surface area (Å²) in [6, 6.07) is 73.9. The molecule has 0 spiro atoms. The minimum atomic E-state index is 0.651. The molecular weight excluding hydrogens is 715 g/mol. The highest BCUT2D eigenvalue weighted by Gasteiger charge is 2.20. The van der Waals surface area contributed by atoms with E-state index >= 15 is 0 Å². The van der Waals surface area contributed by atoms with Gasteiger partial charge >= 0.3 is 0 Å². The van der Waals surface area contributed by atoms with Gasteiger partial charge in [-0.2, -0.15) is 0 Å². The molecule has 6 heteroatoms. The van der Waals surface area contributed by atoms with Crippen molar-refractivity contribution in [3.05, 3.63) is 212 Å². The smallest absolute Gasteiger partial charge is 0.164 e. The molecular formula is C51H35N5S. The lowest BCUT2D eigenvalue weighted by atomic mass is 10.0. The Balaban J connectivity index is 1.08. The second-order valence-corrected chi connectivity index (χ2v) is 14.8. The molecule has 0 unspecified atom stereocenters. The van der Waals surface area contributed by atoms with E-state index < -0.39 is 0 Å². The van der Waals surface area contributed by atoms with Gasteiger partial charge in [-0.25, -0.2) is 15.0 Å². The number of hydrogen-bond acceptors (Lipinski definition) is 6. The third kappa shape index (κ3) is 6.69. The Morgan fingerprint density at radius 2 is 0.719 bits per heavy atom. The van der Waals surface area contributed by atoms with Crippen molar-refractivity contribution in [1.82, 2.24) is 15.0 Å². The van der Waals surface area contributed by atoms with E-state index in [4.69, 9.17) is 15.0 Å². The van der Waals surface area contributed by atoms with Crippen LogP contribution >= 0.6 is 11.3 Å². The molecule has 0 aliphatic rings. The van der Waals surface area contributed by atoms with E-state index in [1.807, 2.05) is 60.7 Å². The summed E-state index contributed by atoms with van der Waals surface area (Å²) < 4.78 is 2.37. The minimum Gasteiger partial charge on any atom is -0.311 e. The molecule has 0 saturated carbocycles. The maximum atomic E-state index is 5.09. The Kier molecular flexibility index (Phi) is 8.99. The van der Waals surface area contributed by atoms with E-state index in [9.17, 15) is 0 Å². The molecule has 0 atom stereocenters. The van der Waals surface area contributed by atoms with Crippen molar-refractivity contribution in [2.24, 2.45) is 0 Å². The first-order chi connectivity index (χ1) is 28.3. The Morgan fingerprint density at radius 3 is 1.21 bits per heavy atom. The first kappa shape index (κ1) is 34.1. The van der Waals surface area contributed by atoms with Gasteiger partial charge in [-0.15, -0.1) is 11.3 Å². The molecule has 10 rings (SSSR count). The Hall–Kier alpha value is -7.41. The molecule has 0 saturated heterocycles. The maximum Gasteiger partial charge on any atom is 0.164 e. The lowest BCUT2D eigenvalue weighted by Gasteiger charge is -2.28. The highest BCUT2D eigenvalue weighted by atomic mass is 32.1. The number of benzene rings is 8. The molecule has 10 aromatic rings. The molecule has 2 aromatic heterocycles. The van der Waals surface area contributed by atoms with Gasteiger partial charge < -0.3 is 9.80 Å². The number of thiophene rings is 1. The topological polar surface area (TPSA) is 45.2 Å². The second kappa shape index (κ2) is 15.0. The molecule has 0 fully saturated rings. The standard InChI is InChI=1S/C51H35N5S/c1-6-17-36(18-7-1)49-52-50(37-19-8-2-9-20-37)54-51(53-49)45-27-16-28-46-48(45)44-34-33-43(35-47(44)57-46)56(40-25-14-5-15-26-40)42-31-29-41(30-32-42)55(38-21-10-3-11-22-38)39-23-12-4-13-24-39/h1-35H. The van der Waals surface area contributed by atoms with E-state index in [1.54, 1.807) is 11.3 Å². The van der Waals surface area contributed by atoms with Crippen molar-refractivity contribution < 1.29 is 0 Å². The van der Waals surface area contributed by atoms with Gasteiger partial charge in [-0.3, -0.25) is 0 Å². The number of anilines is 6. The third-order valence-electron chi connectivity index (χ3n) is 10.1. The van der Waals surface area contributed by atoms with Crippen molar-refractivity contribution in [1.29, 1.82) is 0 Å². The summed E-state index contributed by atoms with van der Waals surface area (Å²) in [4.78, 5) is 19.7. The first-order valence-corrected chi connectivity index (χ1v) is 19.8. The molecule has 0 N–H and O–H groups in total. The van der Waals surface area contributed by atoms with Crippen LogP contribution in [0.2, 0.25) is 0 Å². The highest BCUT2D eigenvalue weighted by molar-refractivity contribution is 7.26. The molecule has 2 heterocycles. The molecule has 0 aliphatic carbocycles. The number of hydrogen-bond donors (Lipinski definition) is 0. The van der Waals surface area contributed by atoms with Gasteiger partial charge in [-0.05, 0) is 78.9 Å². The van der Waals surface area contributed by atoms with Crippen LogP contribution in [0.15, 0.2) is 212 Å². The summed E-state index contributed by atoms with van der Waals surface area (Å²) in [6.45, 7) is 0. The maximum absolute atomic E-state index is 5.09.